The van der Waals surface area contributed by atoms with E-state index in [1.165, 1.54) is 10.6 Å². The van der Waals surface area contributed by atoms with Gasteiger partial charge in [0.1, 0.15) is 13.2 Å². The molecule has 7 heteroatoms. The third-order valence-electron chi connectivity index (χ3n) is 3.04. The molecule has 0 N–H and O–H groups in total. The number of ether oxygens (including phenoxy) is 1. The van der Waals surface area contributed by atoms with Crippen molar-refractivity contribution in [3.8, 4) is 0 Å². The van der Waals surface area contributed by atoms with Gasteiger partial charge in [0.25, 0.3) is 0 Å². The summed E-state index contributed by atoms with van der Waals surface area (Å²) in [4.78, 5) is 27.6. The topological polar surface area (TPSA) is 74.3 Å². The highest BCUT2D eigenvalue weighted by Crippen LogP contribution is 2.18. The minimum Gasteiger partial charge on any atom is -0.459 e. The lowest BCUT2D eigenvalue weighted by Gasteiger charge is -2.05. The molecule has 3 rings (SSSR count). The molecule has 0 aliphatic heterocycles. The van der Waals surface area contributed by atoms with Crippen molar-refractivity contribution >= 4 is 28.7 Å². The first-order chi connectivity index (χ1) is 10.6. The number of rotatable bonds is 4. The monoisotopic (exact) mass is 318 g/mol. The van der Waals surface area contributed by atoms with E-state index < -0.39 is 11.7 Å². The largest absolute Gasteiger partial charge is 0.459 e. The molecule has 0 aliphatic rings. The van der Waals surface area contributed by atoms with E-state index in [2.05, 4.69) is 4.98 Å². The first kappa shape index (κ1) is 14.3. The average molecular weight is 319 g/mol. The number of nitrogens with zero attached hydrogens (tertiary/aromatic N) is 2. The lowest BCUT2D eigenvalue weighted by Crippen LogP contribution is -2.21. The van der Waals surface area contributed by atoms with Crippen LogP contribution in [0.15, 0.2) is 51.9 Å². The van der Waals surface area contributed by atoms with Gasteiger partial charge >= 0.3 is 11.7 Å². The number of esters is 1. The molecule has 0 spiro atoms. The van der Waals surface area contributed by atoms with E-state index in [4.69, 9.17) is 20.8 Å². The van der Waals surface area contributed by atoms with Crippen molar-refractivity contribution in [1.82, 2.24) is 9.55 Å². The molecule has 0 radical (unpaired) electrons. The Morgan fingerprint density at radius 2 is 2.23 bits per heavy atom. The van der Waals surface area contributed by atoms with Gasteiger partial charge in [-0.25, -0.2) is 4.79 Å². The van der Waals surface area contributed by atoms with Crippen molar-refractivity contribution in [3.05, 3.63) is 63.9 Å². The number of carbonyl (C=O) groups is 1. The van der Waals surface area contributed by atoms with Crippen LogP contribution in [-0.4, -0.2) is 15.5 Å². The number of hydrogen-bond acceptors (Lipinski definition) is 5. The minimum absolute atomic E-state index is 0.100. The number of carbonyl (C=O) groups excluding carboxylic acids is 1. The quantitative estimate of drug-likeness (QED) is 0.690. The molecule has 0 unspecified atom stereocenters. The highest BCUT2D eigenvalue weighted by molar-refractivity contribution is 6.31. The van der Waals surface area contributed by atoms with Crippen LogP contribution in [0, 0.1) is 0 Å². The molecule has 0 atom stereocenters. The summed E-state index contributed by atoms with van der Waals surface area (Å²) in [6, 6.07) is 8.31. The molecule has 1 aromatic carbocycles. The Labute approximate surface area is 129 Å². The van der Waals surface area contributed by atoms with Gasteiger partial charge in [-0.15, -0.1) is 0 Å². The van der Waals surface area contributed by atoms with E-state index in [1.807, 2.05) is 0 Å². The Hall–Kier alpha value is -2.60. The average Bonchev–Trinajstić information content (AvgIpc) is 2.81. The fraction of sp³-hybridized carbons (Fsp3) is 0.133. The maximum absolute atomic E-state index is 11.9. The van der Waals surface area contributed by atoms with Crippen LogP contribution in [0.4, 0.5) is 0 Å². The molecule has 0 saturated heterocycles. The van der Waals surface area contributed by atoms with Gasteiger partial charge in [0.2, 0.25) is 0 Å². The lowest BCUT2D eigenvalue weighted by atomic mass is 10.3. The predicted octanol–water partition coefficient (Wildman–Crippen LogP) is 2.39. The summed E-state index contributed by atoms with van der Waals surface area (Å²) < 4.78 is 11.4. The lowest BCUT2D eigenvalue weighted by molar-refractivity contribution is -0.145. The summed E-state index contributed by atoms with van der Waals surface area (Å²) >= 11 is 5.83. The molecule has 3 aromatic rings. The number of aromatic nitrogens is 2. The van der Waals surface area contributed by atoms with E-state index in [0.29, 0.717) is 16.1 Å². The van der Waals surface area contributed by atoms with Gasteiger partial charge in [0.05, 0.1) is 5.52 Å². The Kier molecular flexibility index (Phi) is 3.93. The molecule has 6 nitrogen and oxygen atoms in total. The van der Waals surface area contributed by atoms with Crippen molar-refractivity contribution in [2.75, 3.05) is 0 Å². The standard InChI is InChI=1S/C15H11ClN2O4/c16-11-3-4-12-13(6-11)22-15(20)18(12)8-14(19)21-9-10-2-1-5-17-7-10/h1-7H,8-9H2. The molecule has 0 fully saturated rings. The Balaban J connectivity index is 1.74. The van der Waals surface area contributed by atoms with Crippen molar-refractivity contribution < 1.29 is 13.9 Å². The molecule has 0 aliphatic carbocycles. The fourth-order valence-corrected chi connectivity index (χ4v) is 2.17. The van der Waals surface area contributed by atoms with Gasteiger partial charge in [-0.2, -0.15) is 0 Å². The van der Waals surface area contributed by atoms with Gasteiger partial charge in [0.15, 0.2) is 5.58 Å². The number of pyridine rings is 1. The number of benzene rings is 1. The maximum Gasteiger partial charge on any atom is 0.420 e. The number of fused-ring (bicyclic) bond motifs is 1. The van der Waals surface area contributed by atoms with Crippen LogP contribution in [-0.2, 0) is 22.7 Å². The van der Waals surface area contributed by atoms with Crippen molar-refractivity contribution in [2.45, 2.75) is 13.2 Å². The van der Waals surface area contributed by atoms with Crippen LogP contribution < -0.4 is 5.76 Å². The first-order valence-electron chi connectivity index (χ1n) is 6.47. The normalized spacial score (nSPS) is 10.8. The summed E-state index contributed by atoms with van der Waals surface area (Å²) in [5.41, 5.74) is 1.59. The van der Waals surface area contributed by atoms with Crippen LogP contribution in [0.2, 0.25) is 5.02 Å². The molecule has 2 heterocycles. The zero-order chi connectivity index (χ0) is 15.5. The third-order valence-corrected chi connectivity index (χ3v) is 3.28. The van der Waals surface area contributed by atoms with E-state index in [-0.39, 0.29) is 13.2 Å². The molecule has 2 aromatic heterocycles. The van der Waals surface area contributed by atoms with Gasteiger partial charge in [-0.3, -0.25) is 14.3 Å². The number of oxazole rings is 1. The van der Waals surface area contributed by atoms with Gasteiger partial charge < -0.3 is 9.15 Å². The van der Waals surface area contributed by atoms with E-state index >= 15 is 0 Å². The summed E-state index contributed by atoms with van der Waals surface area (Å²) in [5, 5.41) is 0.451. The summed E-state index contributed by atoms with van der Waals surface area (Å²) in [6.07, 6.45) is 3.24. The highest BCUT2D eigenvalue weighted by Gasteiger charge is 2.14. The molecule has 22 heavy (non-hydrogen) atoms. The third kappa shape index (κ3) is 3.01. The molecular weight excluding hydrogens is 308 g/mol. The molecule has 0 bridgehead atoms. The van der Waals surface area contributed by atoms with Gasteiger partial charge in [-0.1, -0.05) is 17.7 Å². The Bertz CT molecular complexity index is 870. The smallest absolute Gasteiger partial charge is 0.420 e. The summed E-state index contributed by atoms with van der Waals surface area (Å²) in [5.74, 6) is -1.17. The predicted molar refractivity (Wildman–Crippen MR) is 79.5 cm³/mol. The second-order valence-electron chi connectivity index (χ2n) is 4.59. The zero-order valence-electron chi connectivity index (χ0n) is 11.4. The molecule has 0 amide bonds. The van der Waals surface area contributed by atoms with Gasteiger partial charge in [0, 0.05) is 29.0 Å². The van der Waals surface area contributed by atoms with Crippen molar-refractivity contribution in [3.63, 3.8) is 0 Å². The zero-order valence-corrected chi connectivity index (χ0v) is 12.1. The van der Waals surface area contributed by atoms with Crippen molar-refractivity contribution in [1.29, 1.82) is 0 Å². The summed E-state index contributed by atoms with van der Waals surface area (Å²) in [6.45, 7) is -0.128. The second kappa shape index (κ2) is 6.03. The van der Waals surface area contributed by atoms with Crippen LogP contribution in [0.3, 0.4) is 0 Å². The molecule has 112 valence electrons. The van der Waals surface area contributed by atoms with Crippen LogP contribution in [0.5, 0.6) is 0 Å². The number of hydrogen-bond donors (Lipinski definition) is 0. The van der Waals surface area contributed by atoms with Crippen molar-refractivity contribution in [2.24, 2.45) is 0 Å². The molecule has 0 saturated carbocycles. The molecular formula is C15H11ClN2O4. The minimum atomic E-state index is -0.629. The fourth-order valence-electron chi connectivity index (χ4n) is 2.01. The number of halogens is 1. The van der Waals surface area contributed by atoms with E-state index in [1.54, 1.807) is 36.7 Å². The van der Waals surface area contributed by atoms with Crippen LogP contribution >= 0.6 is 11.6 Å². The Morgan fingerprint density at radius 3 is 3.00 bits per heavy atom. The SMILES string of the molecule is O=C(Cn1c(=O)oc2cc(Cl)ccc21)OCc1cccnc1. The first-order valence-corrected chi connectivity index (χ1v) is 6.85. The Morgan fingerprint density at radius 1 is 1.36 bits per heavy atom. The van der Waals surface area contributed by atoms with Gasteiger partial charge in [-0.05, 0) is 18.2 Å². The van der Waals surface area contributed by atoms with Crippen LogP contribution in [0.25, 0.3) is 11.1 Å². The highest BCUT2D eigenvalue weighted by atomic mass is 35.5. The van der Waals surface area contributed by atoms with E-state index in [9.17, 15) is 9.59 Å². The van der Waals surface area contributed by atoms with Crippen LogP contribution in [0.1, 0.15) is 5.56 Å². The maximum atomic E-state index is 11.9. The van der Waals surface area contributed by atoms with E-state index in [0.717, 1.165) is 5.56 Å². The summed E-state index contributed by atoms with van der Waals surface area (Å²) in [7, 11) is 0. The second-order valence-corrected chi connectivity index (χ2v) is 5.02.